The molecule has 6 nitrogen and oxygen atoms in total. The van der Waals surface area contributed by atoms with E-state index in [1.54, 1.807) is 17.9 Å². The zero-order valence-corrected chi connectivity index (χ0v) is 14.6. The zero-order valence-electron chi connectivity index (χ0n) is 12.9. The maximum absolute atomic E-state index is 12.7. The van der Waals surface area contributed by atoms with E-state index >= 15 is 0 Å². The second kappa shape index (κ2) is 7.44. The van der Waals surface area contributed by atoms with E-state index in [2.05, 4.69) is 10.4 Å². The largest absolute Gasteiger partial charge is 0.317 e. The van der Waals surface area contributed by atoms with Crippen LogP contribution in [0.1, 0.15) is 12.8 Å². The van der Waals surface area contributed by atoms with E-state index in [1.165, 1.54) is 10.5 Å². The van der Waals surface area contributed by atoms with Gasteiger partial charge in [0.05, 0.1) is 18.1 Å². The van der Waals surface area contributed by atoms with Gasteiger partial charge in [-0.15, -0.1) is 12.4 Å². The van der Waals surface area contributed by atoms with E-state index in [0.717, 1.165) is 31.6 Å². The Bertz CT molecular complexity index is 727. The number of benzene rings is 1. The van der Waals surface area contributed by atoms with Crippen molar-refractivity contribution in [1.82, 2.24) is 19.4 Å². The molecule has 0 amide bonds. The third-order valence-electron chi connectivity index (χ3n) is 4.08. The highest BCUT2D eigenvalue weighted by Crippen LogP contribution is 2.21. The molecule has 1 N–H and O–H groups in total. The number of nitrogens with zero attached hydrogens (tertiary/aromatic N) is 3. The standard InChI is InChI=1S/C15H20N4O2S.ClH/c1-18(13-7-9-16-10-8-13)22(20,21)15-11-17-19(12-15)14-5-3-2-4-6-14;/h2-6,11-13,16H,7-10H2,1H3;1H. The first kappa shape index (κ1) is 17.9. The van der Waals surface area contributed by atoms with Crippen LogP contribution in [0.15, 0.2) is 47.6 Å². The molecule has 3 rings (SSSR count). The van der Waals surface area contributed by atoms with Crippen molar-refractivity contribution in [2.75, 3.05) is 20.1 Å². The van der Waals surface area contributed by atoms with Crippen molar-refractivity contribution in [3.05, 3.63) is 42.7 Å². The number of sulfonamides is 1. The van der Waals surface area contributed by atoms with Crippen LogP contribution in [-0.2, 0) is 10.0 Å². The van der Waals surface area contributed by atoms with Gasteiger partial charge in [0.15, 0.2) is 0 Å². The fourth-order valence-electron chi connectivity index (χ4n) is 2.69. The predicted molar refractivity (Wildman–Crippen MR) is 91.7 cm³/mol. The van der Waals surface area contributed by atoms with Crippen molar-refractivity contribution in [2.45, 2.75) is 23.8 Å². The van der Waals surface area contributed by atoms with E-state index in [9.17, 15) is 8.42 Å². The van der Waals surface area contributed by atoms with Gasteiger partial charge in [0, 0.05) is 13.1 Å². The third-order valence-corrected chi connectivity index (χ3v) is 5.94. The molecule has 0 spiro atoms. The molecule has 0 saturated carbocycles. The smallest absolute Gasteiger partial charge is 0.246 e. The Morgan fingerprint density at radius 1 is 1.22 bits per heavy atom. The van der Waals surface area contributed by atoms with E-state index in [4.69, 9.17) is 0 Å². The molecule has 8 heteroatoms. The van der Waals surface area contributed by atoms with Gasteiger partial charge in [-0.2, -0.15) is 9.40 Å². The van der Waals surface area contributed by atoms with Crippen LogP contribution in [0.25, 0.3) is 5.69 Å². The number of nitrogens with one attached hydrogen (secondary N) is 1. The van der Waals surface area contributed by atoms with Crippen LogP contribution in [0.3, 0.4) is 0 Å². The summed E-state index contributed by atoms with van der Waals surface area (Å²) in [5.74, 6) is 0. The number of hydrogen-bond acceptors (Lipinski definition) is 4. The Labute approximate surface area is 143 Å². The summed E-state index contributed by atoms with van der Waals surface area (Å²) in [5, 5.41) is 7.43. The third kappa shape index (κ3) is 3.74. The van der Waals surface area contributed by atoms with Gasteiger partial charge < -0.3 is 5.32 Å². The van der Waals surface area contributed by atoms with Crippen LogP contribution in [0.2, 0.25) is 0 Å². The van der Waals surface area contributed by atoms with Crippen molar-refractivity contribution < 1.29 is 8.42 Å². The number of halogens is 1. The van der Waals surface area contributed by atoms with Crippen molar-refractivity contribution in [2.24, 2.45) is 0 Å². The summed E-state index contributed by atoms with van der Waals surface area (Å²) in [6.07, 6.45) is 4.66. The lowest BCUT2D eigenvalue weighted by molar-refractivity contribution is 0.296. The van der Waals surface area contributed by atoms with E-state index in [0.29, 0.717) is 0 Å². The number of aromatic nitrogens is 2. The molecule has 2 heterocycles. The molecule has 1 aliphatic heterocycles. The molecule has 126 valence electrons. The van der Waals surface area contributed by atoms with E-state index in [-0.39, 0.29) is 23.3 Å². The minimum absolute atomic E-state index is 0. The van der Waals surface area contributed by atoms with E-state index < -0.39 is 10.0 Å². The van der Waals surface area contributed by atoms with E-state index in [1.807, 2.05) is 30.3 Å². The maximum atomic E-state index is 12.7. The molecule has 1 aliphatic rings. The predicted octanol–water partition coefficient (Wildman–Crippen LogP) is 1.67. The summed E-state index contributed by atoms with van der Waals surface area (Å²) >= 11 is 0. The molecular formula is C15H21ClN4O2S. The van der Waals surface area contributed by atoms with Gasteiger partial charge >= 0.3 is 0 Å². The van der Waals surface area contributed by atoms with Crippen LogP contribution in [0, 0.1) is 0 Å². The van der Waals surface area contributed by atoms with Crippen molar-refractivity contribution in [1.29, 1.82) is 0 Å². The molecule has 0 radical (unpaired) electrons. The number of para-hydroxylation sites is 1. The molecule has 23 heavy (non-hydrogen) atoms. The molecule has 0 bridgehead atoms. The lowest BCUT2D eigenvalue weighted by Crippen LogP contribution is -2.43. The molecular weight excluding hydrogens is 336 g/mol. The highest BCUT2D eigenvalue weighted by Gasteiger charge is 2.30. The summed E-state index contributed by atoms with van der Waals surface area (Å²) in [5.41, 5.74) is 0.841. The summed E-state index contributed by atoms with van der Waals surface area (Å²) in [4.78, 5) is 0.234. The second-order valence-electron chi connectivity index (χ2n) is 5.46. The van der Waals surface area contributed by atoms with Gasteiger partial charge in [0.2, 0.25) is 10.0 Å². The summed E-state index contributed by atoms with van der Waals surface area (Å²) < 4.78 is 28.5. The van der Waals surface area contributed by atoms with Gasteiger partial charge in [-0.05, 0) is 38.1 Å². The maximum Gasteiger partial charge on any atom is 0.246 e. The molecule has 1 saturated heterocycles. The summed E-state index contributed by atoms with van der Waals surface area (Å²) in [6, 6.07) is 9.53. The highest BCUT2D eigenvalue weighted by atomic mass is 35.5. The quantitative estimate of drug-likeness (QED) is 0.904. The lowest BCUT2D eigenvalue weighted by atomic mass is 10.1. The van der Waals surface area contributed by atoms with Gasteiger partial charge in [0.1, 0.15) is 4.90 Å². The first-order valence-corrected chi connectivity index (χ1v) is 8.82. The normalized spacial score (nSPS) is 16.3. The van der Waals surface area contributed by atoms with Crippen LogP contribution < -0.4 is 5.32 Å². The molecule has 0 unspecified atom stereocenters. The molecule has 1 aromatic carbocycles. The van der Waals surface area contributed by atoms with Gasteiger partial charge in [0.25, 0.3) is 0 Å². The van der Waals surface area contributed by atoms with Crippen molar-refractivity contribution in [3.63, 3.8) is 0 Å². The average molecular weight is 357 g/mol. The second-order valence-corrected chi connectivity index (χ2v) is 7.46. The lowest BCUT2D eigenvalue weighted by Gasteiger charge is -2.30. The highest BCUT2D eigenvalue weighted by molar-refractivity contribution is 7.89. The summed E-state index contributed by atoms with van der Waals surface area (Å²) in [6.45, 7) is 1.71. The molecule has 0 atom stereocenters. The first-order chi connectivity index (χ1) is 10.6. The SMILES string of the molecule is CN(C1CCNCC1)S(=O)(=O)c1cnn(-c2ccccc2)c1.Cl. The number of rotatable bonds is 4. The summed E-state index contributed by atoms with van der Waals surface area (Å²) in [7, 11) is -1.85. The van der Waals surface area contributed by atoms with Crippen molar-refractivity contribution in [3.8, 4) is 5.69 Å². The van der Waals surface area contributed by atoms with Crippen LogP contribution in [0.4, 0.5) is 0 Å². The Kier molecular flexibility index (Phi) is 5.80. The molecule has 1 aromatic heterocycles. The number of piperidine rings is 1. The minimum atomic E-state index is -3.50. The fraction of sp³-hybridized carbons (Fsp3) is 0.400. The van der Waals surface area contributed by atoms with Crippen molar-refractivity contribution >= 4 is 22.4 Å². The Balaban J connectivity index is 0.00000192. The monoisotopic (exact) mass is 356 g/mol. The zero-order chi connectivity index (χ0) is 15.6. The Morgan fingerprint density at radius 3 is 2.52 bits per heavy atom. The topological polar surface area (TPSA) is 67.2 Å². The van der Waals surface area contributed by atoms with Gasteiger partial charge in [-0.3, -0.25) is 0 Å². The first-order valence-electron chi connectivity index (χ1n) is 7.38. The van der Waals surface area contributed by atoms with Crippen LogP contribution >= 0.6 is 12.4 Å². The molecule has 1 fully saturated rings. The molecule has 0 aliphatic carbocycles. The van der Waals surface area contributed by atoms with Crippen LogP contribution in [0.5, 0.6) is 0 Å². The number of hydrogen-bond donors (Lipinski definition) is 1. The Morgan fingerprint density at radius 2 is 1.87 bits per heavy atom. The minimum Gasteiger partial charge on any atom is -0.317 e. The molecule has 2 aromatic rings. The average Bonchev–Trinajstić information content (AvgIpc) is 3.06. The van der Waals surface area contributed by atoms with Gasteiger partial charge in [-0.25, -0.2) is 13.1 Å². The fourth-order valence-corrected chi connectivity index (χ4v) is 4.04. The van der Waals surface area contributed by atoms with Crippen LogP contribution in [-0.4, -0.2) is 48.7 Å². The Hall–Kier alpha value is -1.41. The van der Waals surface area contributed by atoms with Gasteiger partial charge in [-0.1, -0.05) is 18.2 Å².